The van der Waals surface area contributed by atoms with E-state index in [0.29, 0.717) is 4.43 Å². The first-order valence-corrected chi connectivity index (χ1v) is 3.53. The maximum absolute atomic E-state index is 9.77. The zero-order chi connectivity index (χ0) is 6.41. The Morgan fingerprint density at radius 1 is 1.62 bits per heavy atom. The van der Waals surface area contributed by atoms with E-state index < -0.39 is 5.97 Å². The number of halogens is 1. The second-order valence-corrected chi connectivity index (χ2v) is 1.82. The van der Waals surface area contributed by atoms with E-state index in [-0.39, 0.29) is 6.42 Å². The van der Waals surface area contributed by atoms with Crippen molar-refractivity contribution in [3.8, 4) is 11.8 Å². The molecule has 0 aromatic carbocycles. The van der Waals surface area contributed by atoms with Crippen LogP contribution in [0.4, 0.5) is 0 Å². The largest absolute Gasteiger partial charge is 0.481 e. The first-order chi connectivity index (χ1) is 3.77. The molecule has 0 fully saturated rings. The fraction of sp³-hybridized carbons (Fsp3) is 0.400. The van der Waals surface area contributed by atoms with Gasteiger partial charge >= 0.3 is 5.97 Å². The second kappa shape index (κ2) is 4.91. The number of alkyl halides is 1. The van der Waals surface area contributed by atoms with Gasteiger partial charge in [-0.1, -0.05) is 34.4 Å². The van der Waals surface area contributed by atoms with Crippen LogP contribution in [0, 0.1) is 11.8 Å². The van der Waals surface area contributed by atoms with Crippen molar-refractivity contribution in [3.63, 3.8) is 0 Å². The molecule has 1 N–H and O–H groups in total. The van der Waals surface area contributed by atoms with Crippen molar-refractivity contribution in [1.82, 2.24) is 0 Å². The number of hydrogen-bond acceptors (Lipinski definition) is 1. The van der Waals surface area contributed by atoms with Crippen LogP contribution >= 0.6 is 22.6 Å². The van der Waals surface area contributed by atoms with Crippen LogP contribution in [0.2, 0.25) is 0 Å². The Morgan fingerprint density at radius 2 is 2.25 bits per heavy atom. The summed E-state index contributed by atoms with van der Waals surface area (Å²) in [6.07, 6.45) is -0.0387. The van der Waals surface area contributed by atoms with Crippen molar-refractivity contribution in [2.24, 2.45) is 0 Å². The highest BCUT2D eigenvalue weighted by atomic mass is 127. The van der Waals surface area contributed by atoms with Gasteiger partial charge in [0.05, 0.1) is 4.43 Å². The Morgan fingerprint density at radius 3 is 2.62 bits per heavy atom. The summed E-state index contributed by atoms with van der Waals surface area (Å²) in [5, 5.41) is 8.04. The van der Waals surface area contributed by atoms with Crippen LogP contribution in [0.25, 0.3) is 0 Å². The van der Waals surface area contributed by atoms with Gasteiger partial charge in [-0.15, -0.1) is 0 Å². The molecule has 0 saturated carbocycles. The fourth-order valence-corrected chi connectivity index (χ4v) is 0.455. The number of hydrogen-bond donors (Lipinski definition) is 1. The Bertz CT molecular complexity index is 131. The third-order valence-electron chi connectivity index (χ3n) is 0.431. The van der Waals surface area contributed by atoms with Gasteiger partial charge in [0.25, 0.3) is 0 Å². The van der Waals surface area contributed by atoms with E-state index in [2.05, 4.69) is 34.4 Å². The molecule has 2 nitrogen and oxygen atoms in total. The maximum Gasteiger partial charge on any atom is 0.315 e. The van der Waals surface area contributed by atoms with Crippen molar-refractivity contribution in [1.29, 1.82) is 0 Å². The van der Waals surface area contributed by atoms with Crippen molar-refractivity contribution < 1.29 is 9.90 Å². The minimum Gasteiger partial charge on any atom is -0.481 e. The molecular weight excluding hydrogens is 219 g/mol. The standard InChI is InChI=1S/C5H5IO2/c6-4-2-1-3-5(7)8/h3-4H2,(H,7,8). The third-order valence-corrected chi connectivity index (χ3v) is 0.813. The molecule has 3 heteroatoms. The Kier molecular flexibility index (Phi) is 4.76. The van der Waals surface area contributed by atoms with Gasteiger partial charge in [-0.3, -0.25) is 4.79 Å². The fourth-order valence-electron chi connectivity index (χ4n) is 0.185. The molecule has 0 radical (unpaired) electrons. The van der Waals surface area contributed by atoms with E-state index in [1.807, 2.05) is 0 Å². The molecule has 0 aliphatic heterocycles. The molecule has 0 atom stereocenters. The normalized spacial score (nSPS) is 7.12. The third kappa shape index (κ3) is 5.76. The zero-order valence-electron chi connectivity index (χ0n) is 4.15. The summed E-state index contributed by atoms with van der Waals surface area (Å²) in [4.78, 5) is 9.77. The topological polar surface area (TPSA) is 37.3 Å². The van der Waals surface area contributed by atoms with Gasteiger partial charge in [-0.05, 0) is 0 Å². The van der Waals surface area contributed by atoms with Crippen LogP contribution in [0.5, 0.6) is 0 Å². The Balaban J connectivity index is 3.29. The highest BCUT2D eigenvalue weighted by Gasteiger charge is 1.86. The number of carboxylic acid groups (broad SMARTS) is 1. The smallest absolute Gasteiger partial charge is 0.315 e. The lowest BCUT2D eigenvalue weighted by Gasteiger charge is -1.75. The van der Waals surface area contributed by atoms with Crippen LogP contribution in [0.3, 0.4) is 0 Å². The molecule has 0 amide bonds. The van der Waals surface area contributed by atoms with Crippen molar-refractivity contribution in [2.45, 2.75) is 6.42 Å². The molecule has 0 aromatic heterocycles. The van der Waals surface area contributed by atoms with Crippen LogP contribution in [-0.4, -0.2) is 15.5 Å². The van der Waals surface area contributed by atoms with E-state index in [0.717, 1.165) is 0 Å². The zero-order valence-corrected chi connectivity index (χ0v) is 6.31. The molecule has 0 bridgehead atoms. The van der Waals surface area contributed by atoms with Gasteiger partial charge in [-0.25, -0.2) is 0 Å². The van der Waals surface area contributed by atoms with E-state index in [1.54, 1.807) is 0 Å². The summed E-state index contributed by atoms with van der Waals surface area (Å²) in [7, 11) is 0. The Hall–Kier alpha value is -0.240. The lowest BCUT2D eigenvalue weighted by molar-refractivity contribution is -0.135. The van der Waals surface area contributed by atoms with Gasteiger partial charge in [0.1, 0.15) is 6.42 Å². The SMILES string of the molecule is O=C(O)CC#CCI. The monoisotopic (exact) mass is 224 g/mol. The predicted octanol–water partition coefficient (Wildman–Crippen LogP) is 0.900. The van der Waals surface area contributed by atoms with Gasteiger partial charge < -0.3 is 5.11 Å². The van der Waals surface area contributed by atoms with Gasteiger partial charge in [0, 0.05) is 0 Å². The van der Waals surface area contributed by atoms with Crippen LogP contribution in [0.15, 0.2) is 0 Å². The van der Waals surface area contributed by atoms with Crippen molar-refractivity contribution in [3.05, 3.63) is 0 Å². The molecule has 0 saturated heterocycles. The van der Waals surface area contributed by atoms with E-state index in [1.165, 1.54) is 0 Å². The first-order valence-electron chi connectivity index (χ1n) is 2.01. The molecule has 0 rings (SSSR count). The van der Waals surface area contributed by atoms with Gasteiger partial charge in [-0.2, -0.15) is 0 Å². The molecule has 0 aliphatic carbocycles. The molecule has 8 heavy (non-hydrogen) atoms. The van der Waals surface area contributed by atoms with Crippen molar-refractivity contribution in [2.75, 3.05) is 4.43 Å². The maximum atomic E-state index is 9.77. The predicted molar refractivity (Wildman–Crippen MR) is 38.9 cm³/mol. The van der Waals surface area contributed by atoms with Crippen molar-refractivity contribution >= 4 is 28.6 Å². The minimum atomic E-state index is -0.859. The summed E-state index contributed by atoms with van der Waals surface area (Å²) in [5.74, 6) is 4.25. The second-order valence-electron chi connectivity index (χ2n) is 1.06. The number of aliphatic carboxylic acids is 1. The molecule has 0 aromatic rings. The number of carbonyl (C=O) groups is 1. The first kappa shape index (κ1) is 7.76. The average molecular weight is 224 g/mol. The molecular formula is C5H5IO2. The van der Waals surface area contributed by atoms with Gasteiger partial charge in [0.2, 0.25) is 0 Å². The lowest BCUT2D eigenvalue weighted by atomic mass is 10.4. The Labute approximate surface area is 61.4 Å². The van der Waals surface area contributed by atoms with E-state index in [9.17, 15) is 4.79 Å². The molecule has 0 unspecified atom stereocenters. The van der Waals surface area contributed by atoms with Crippen LogP contribution in [0.1, 0.15) is 6.42 Å². The highest BCUT2D eigenvalue weighted by Crippen LogP contribution is 1.77. The summed E-state index contributed by atoms with van der Waals surface area (Å²) >= 11 is 2.07. The minimum absolute atomic E-state index is 0.0387. The van der Waals surface area contributed by atoms with Crippen LogP contribution < -0.4 is 0 Å². The summed E-state index contributed by atoms with van der Waals surface area (Å²) in [6, 6.07) is 0. The lowest BCUT2D eigenvalue weighted by Crippen LogP contribution is -1.89. The molecule has 0 heterocycles. The summed E-state index contributed by atoms with van der Waals surface area (Å²) in [5.41, 5.74) is 0. The molecule has 44 valence electrons. The van der Waals surface area contributed by atoms with Crippen LogP contribution in [-0.2, 0) is 4.79 Å². The van der Waals surface area contributed by atoms with Gasteiger partial charge in [0.15, 0.2) is 0 Å². The molecule has 0 aliphatic rings. The summed E-state index contributed by atoms with van der Waals surface area (Å²) in [6.45, 7) is 0. The highest BCUT2D eigenvalue weighted by molar-refractivity contribution is 14.1. The number of rotatable bonds is 1. The molecule has 0 spiro atoms. The van der Waals surface area contributed by atoms with E-state index >= 15 is 0 Å². The average Bonchev–Trinajstić information content (AvgIpc) is 1.66. The quantitative estimate of drug-likeness (QED) is 0.408. The summed E-state index contributed by atoms with van der Waals surface area (Å²) < 4.78 is 0.699. The number of carboxylic acids is 1. The van der Waals surface area contributed by atoms with E-state index in [4.69, 9.17) is 5.11 Å².